The topological polar surface area (TPSA) is 76.0 Å². The predicted molar refractivity (Wildman–Crippen MR) is 92.4 cm³/mol. The summed E-state index contributed by atoms with van der Waals surface area (Å²) in [6, 6.07) is 1.68. The smallest absolute Gasteiger partial charge is 0.254 e. The summed E-state index contributed by atoms with van der Waals surface area (Å²) < 4.78 is 1.61. The molecular weight excluding hydrogens is 324 g/mol. The highest BCUT2D eigenvalue weighted by Gasteiger charge is 2.31. The van der Waals surface area contributed by atoms with E-state index in [9.17, 15) is 9.59 Å². The predicted octanol–water partition coefficient (Wildman–Crippen LogP) is 2.53. The van der Waals surface area contributed by atoms with Crippen LogP contribution in [0.2, 0.25) is 0 Å². The lowest BCUT2D eigenvalue weighted by molar-refractivity contribution is -0.119. The maximum absolute atomic E-state index is 12.6. The van der Waals surface area contributed by atoms with Crippen molar-refractivity contribution in [3.05, 3.63) is 34.5 Å². The Morgan fingerprint density at radius 2 is 2.21 bits per heavy atom. The highest BCUT2D eigenvalue weighted by atomic mass is 32.1. The molecular formula is C17H20N4O2S. The van der Waals surface area contributed by atoms with Gasteiger partial charge in [-0.2, -0.15) is 5.10 Å². The summed E-state index contributed by atoms with van der Waals surface area (Å²) in [4.78, 5) is 26.4. The summed E-state index contributed by atoms with van der Waals surface area (Å²) in [6.45, 7) is 1.80. The zero-order valence-corrected chi connectivity index (χ0v) is 14.4. The molecule has 1 unspecified atom stereocenters. The third kappa shape index (κ3) is 2.84. The molecule has 0 saturated heterocycles. The molecule has 0 bridgehead atoms. The second-order valence-corrected chi connectivity index (χ2v) is 7.57. The van der Waals surface area contributed by atoms with Crippen molar-refractivity contribution < 1.29 is 9.59 Å². The lowest BCUT2D eigenvalue weighted by Crippen LogP contribution is -2.28. The number of thiophene rings is 1. The molecule has 0 radical (unpaired) electrons. The summed E-state index contributed by atoms with van der Waals surface area (Å²) in [7, 11) is 0. The molecule has 1 saturated carbocycles. The molecule has 2 aromatic rings. The SMILES string of the molecule is CC(C(=O)Nc1sc2c(c1C(=O)NC1CC1)CCC2)n1cccn1. The fourth-order valence-corrected chi connectivity index (χ4v) is 4.35. The van der Waals surface area contributed by atoms with Crippen LogP contribution < -0.4 is 10.6 Å². The number of nitrogens with one attached hydrogen (secondary N) is 2. The maximum atomic E-state index is 12.6. The van der Waals surface area contributed by atoms with Crippen molar-refractivity contribution >= 4 is 28.2 Å². The number of aromatic nitrogens is 2. The summed E-state index contributed by atoms with van der Waals surface area (Å²) in [5.74, 6) is -0.196. The first-order valence-electron chi connectivity index (χ1n) is 8.39. The van der Waals surface area contributed by atoms with E-state index in [4.69, 9.17) is 0 Å². The first-order chi connectivity index (χ1) is 11.6. The highest BCUT2D eigenvalue weighted by molar-refractivity contribution is 7.17. The van der Waals surface area contributed by atoms with Crippen LogP contribution >= 0.6 is 11.3 Å². The largest absolute Gasteiger partial charge is 0.349 e. The Hall–Kier alpha value is -2.15. The molecule has 0 spiro atoms. The van der Waals surface area contributed by atoms with E-state index in [1.165, 1.54) is 4.88 Å². The van der Waals surface area contributed by atoms with Crippen LogP contribution in [-0.2, 0) is 17.6 Å². The average Bonchev–Trinajstić information content (AvgIpc) is 2.96. The Morgan fingerprint density at radius 1 is 1.38 bits per heavy atom. The summed E-state index contributed by atoms with van der Waals surface area (Å²) in [5, 5.41) is 10.8. The molecule has 4 rings (SSSR count). The average molecular weight is 344 g/mol. The second kappa shape index (κ2) is 6.05. The molecule has 0 aliphatic heterocycles. The Balaban J connectivity index is 1.58. The van der Waals surface area contributed by atoms with Crippen molar-refractivity contribution in [3.8, 4) is 0 Å². The minimum Gasteiger partial charge on any atom is -0.349 e. The highest BCUT2D eigenvalue weighted by Crippen LogP contribution is 2.39. The molecule has 24 heavy (non-hydrogen) atoms. The number of carbonyl (C=O) groups excluding carboxylic acids is 2. The van der Waals surface area contributed by atoms with Crippen LogP contribution in [-0.4, -0.2) is 27.6 Å². The van der Waals surface area contributed by atoms with Crippen LogP contribution in [0.5, 0.6) is 0 Å². The number of amides is 2. The van der Waals surface area contributed by atoms with Gasteiger partial charge in [-0.1, -0.05) is 0 Å². The molecule has 2 heterocycles. The van der Waals surface area contributed by atoms with Crippen molar-refractivity contribution in [1.29, 1.82) is 0 Å². The molecule has 6 nitrogen and oxygen atoms in total. The molecule has 2 aromatic heterocycles. The van der Waals surface area contributed by atoms with Gasteiger partial charge in [0.05, 0.1) is 5.56 Å². The van der Waals surface area contributed by atoms with Crippen LogP contribution in [0.4, 0.5) is 5.00 Å². The van der Waals surface area contributed by atoms with Gasteiger partial charge in [0, 0.05) is 23.3 Å². The zero-order chi connectivity index (χ0) is 16.7. The first-order valence-corrected chi connectivity index (χ1v) is 9.20. The Kier molecular flexibility index (Phi) is 3.88. The molecule has 2 amide bonds. The molecule has 0 aromatic carbocycles. The van der Waals surface area contributed by atoms with Gasteiger partial charge in [-0.05, 0) is 50.7 Å². The van der Waals surface area contributed by atoms with E-state index in [0.717, 1.165) is 37.7 Å². The first kappa shape index (κ1) is 15.4. The van der Waals surface area contributed by atoms with Gasteiger partial charge >= 0.3 is 0 Å². The van der Waals surface area contributed by atoms with E-state index in [0.29, 0.717) is 16.6 Å². The van der Waals surface area contributed by atoms with Gasteiger partial charge in [0.25, 0.3) is 5.91 Å². The van der Waals surface area contributed by atoms with E-state index in [-0.39, 0.29) is 11.8 Å². The molecule has 2 N–H and O–H groups in total. The number of nitrogens with zero attached hydrogens (tertiary/aromatic N) is 2. The number of anilines is 1. The van der Waals surface area contributed by atoms with E-state index >= 15 is 0 Å². The molecule has 7 heteroatoms. The van der Waals surface area contributed by atoms with Crippen LogP contribution in [0.1, 0.15) is 53.0 Å². The minimum atomic E-state index is -0.420. The fraction of sp³-hybridized carbons (Fsp3) is 0.471. The number of aryl methyl sites for hydroxylation is 1. The summed E-state index contributed by atoms with van der Waals surface area (Å²) in [6.07, 6.45) is 8.52. The van der Waals surface area contributed by atoms with Gasteiger partial charge in [0.15, 0.2) is 0 Å². The van der Waals surface area contributed by atoms with Crippen molar-refractivity contribution in [2.24, 2.45) is 0 Å². The van der Waals surface area contributed by atoms with Gasteiger partial charge in [-0.15, -0.1) is 11.3 Å². The van der Waals surface area contributed by atoms with Crippen LogP contribution in [0, 0.1) is 0 Å². The lowest BCUT2D eigenvalue weighted by Gasteiger charge is -2.13. The van der Waals surface area contributed by atoms with Crippen molar-refractivity contribution in [2.75, 3.05) is 5.32 Å². The molecule has 1 atom stereocenters. The fourth-order valence-electron chi connectivity index (χ4n) is 3.06. The van der Waals surface area contributed by atoms with Crippen LogP contribution in [0.25, 0.3) is 0 Å². The Labute approximate surface area is 144 Å². The third-order valence-electron chi connectivity index (χ3n) is 4.60. The lowest BCUT2D eigenvalue weighted by atomic mass is 10.1. The van der Waals surface area contributed by atoms with Crippen molar-refractivity contribution in [1.82, 2.24) is 15.1 Å². The molecule has 1 fully saturated rings. The monoisotopic (exact) mass is 344 g/mol. The standard InChI is InChI=1S/C17H20N4O2S/c1-10(21-9-3-8-18-21)15(22)20-17-14(16(23)19-11-6-7-11)12-4-2-5-13(12)24-17/h3,8-11H,2,4-7H2,1H3,(H,19,23)(H,20,22). The quantitative estimate of drug-likeness (QED) is 0.875. The van der Waals surface area contributed by atoms with E-state index in [1.807, 2.05) is 0 Å². The van der Waals surface area contributed by atoms with E-state index < -0.39 is 6.04 Å². The zero-order valence-electron chi connectivity index (χ0n) is 13.5. The van der Waals surface area contributed by atoms with Crippen LogP contribution in [0.15, 0.2) is 18.5 Å². The molecule has 2 aliphatic carbocycles. The number of rotatable bonds is 5. The van der Waals surface area contributed by atoms with Crippen molar-refractivity contribution in [3.63, 3.8) is 0 Å². The number of hydrogen-bond donors (Lipinski definition) is 2. The molecule has 2 aliphatic rings. The number of hydrogen-bond acceptors (Lipinski definition) is 4. The Bertz CT molecular complexity index is 777. The van der Waals surface area contributed by atoms with Gasteiger partial charge in [0.2, 0.25) is 5.91 Å². The van der Waals surface area contributed by atoms with E-state index in [1.54, 1.807) is 41.4 Å². The van der Waals surface area contributed by atoms with Gasteiger partial charge in [0.1, 0.15) is 11.0 Å². The molecule has 126 valence electrons. The minimum absolute atomic E-state index is 0.0426. The number of fused-ring (bicyclic) bond motifs is 1. The number of carbonyl (C=O) groups is 2. The van der Waals surface area contributed by atoms with Crippen LogP contribution in [0.3, 0.4) is 0 Å². The second-order valence-electron chi connectivity index (χ2n) is 6.46. The van der Waals surface area contributed by atoms with Gasteiger partial charge in [-0.25, -0.2) is 0 Å². The maximum Gasteiger partial charge on any atom is 0.254 e. The third-order valence-corrected chi connectivity index (χ3v) is 5.81. The van der Waals surface area contributed by atoms with Gasteiger partial charge in [-0.3, -0.25) is 14.3 Å². The normalized spacial score (nSPS) is 17.4. The van der Waals surface area contributed by atoms with E-state index in [2.05, 4.69) is 15.7 Å². The van der Waals surface area contributed by atoms with Gasteiger partial charge < -0.3 is 10.6 Å². The Morgan fingerprint density at radius 3 is 2.92 bits per heavy atom. The summed E-state index contributed by atoms with van der Waals surface area (Å²) >= 11 is 1.54. The van der Waals surface area contributed by atoms with Crippen molar-refractivity contribution in [2.45, 2.75) is 51.1 Å². The summed E-state index contributed by atoms with van der Waals surface area (Å²) in [5.41, 5.74) is 1.81.